The third kappa shape index (κ3) is 4.63. The Labute approximate surface area is 143 Å². The molecule has 0 fully saturated rings. The summed E-state index contributed by atoms with van der Waals surface area (Å²) in [5.41, 5.74) is 4.84. The van der Waals surface area contributed by atoms with Crippen LogP contribution in [-0.2, 0) is 13.2 Å². The van der Waals surface area contributed by atoms with Crippen LogP contribution in [0.1, 0.15) is 22.3 Å². The van der Waals surface area contributed by atoms with Crippen molar-refractivity contribution in [3.63, 3.8) is 0 Å². The largest absolute Gasteiger partial charge is 0.489 e. The topological polar surface area (TPSA) is 18.5 Å². The molecule has 0 atom stereocenters. The van der Waals surface area contributed by atoms with E-state index in [4.69, 9.17) is 9.47 Å². The van der Waals surface area contributed by atoms with Gasteiger partial charge in [0.1, 0.15) is 24.7 Å². The van der Waals surface area contributed by atoms with Crippen LogP contribution in [0.15, 0.2) is 72.8 Å². The lowest BCUT2D eigenvalue weighted by molar-refractivity contribution is 0.297. The zero-order chi connectivity index (χ0) is 16.8. The molecule has 2 nitrogen and oxygen atoms in total. The van der Waals surface area contributed by atoms with Gasteiger partial charge in [0.2, 0.25) is 0 Å². The number of hydrogen-bond donors (Lipinski definition) is 0. The molecule has 0 aromatic heterocycles. The molecular weight excluding hydrogens is 296 g/mol. The van der Waals surface area contributed by atoms with Gasteiger partial charge in [-0.1, -0.05) is 59.7 Å². The van der Waals surface area contributed by atoms with E-state index in [1.807, 2.05) is 24.3 Å². The lowest BCUT2D eigenvalue weighted by atomic mass is 10.1. The standard InChI is InChI=1S/C22H22O2/c1-17-5-3-7-19(13-17)15-23-21-9-11-22(12-10-21)24-16-20-8-4-6-18(2)14-20/h3-14H,15-16H2,1-2H3. The maximum absolute atomic E-state index is 5.82. The molecule has 0 radical (unpaired) electrons. The predicted molar refractivity (Wildman–Crippen MR) is 97.5 cm³/mol. The van der Waals surface area contributed by atoms with Crippen molar-refractivity contribution >= 4 is 0 Å². The van der Waals surface area contributed by atoms with Gasteiger partial charge in [0.05, 0.1) is 0 Å². The highest BCUT2D eigenvalue weighted by Gasteiger charge is 2.00. The van der Waals surface area contributed by atoms with Gasteiger partial charge in [0.15, 0.2) is 0 Å². The Morgan fingerprint density at radius 2 is 1.00 bits per heavy atom. The highest BCUT2D eigenvalue weighted by atomic mass is 16.5. The van der Waals surface area contributed by atoms with Gasteiger partial charge in [-0.3, -0.25) is 0 Å². The van der Waals surface area contributed by atoms with E-state index >= 15 is 0 Å². The average Bonchev–Trinajstić information content (AvgIpc) is 2.59. The van der Waals surface area contributed by atoms with Crippen molar-refractivity contribution in [3.8, 4) is 11.5 Å². The Morgan fingerprint density at radius 3 is 1.38 bits per heavy atom. The molecule has 0 saturated heterocycles. The summed E-state index contributed by atoms with van der Waals surface area (Å²) in [6.07, 6.45) is 0. The molecular formula is C22H22O2. The number of hydrogen-bond acceptors (Lipinski definition) is 2. The molecule has 0 heterocycles. The van der Waals surface area contributed by atoms with Crippen molar-refractivity contribution < 1.29 is 9.47 Å². The number of ether oxygens (including phenoxy) is 2. The van der Waals surface area contributed by atoms with Crippen molar-refractivity contribution in [3.05, 3.63) is 95.1 Å². The van der Waals surface area contributed by atoms with Crippen molar-refractivity contribution in [2.75, 3.05) is 0 Å². The second-order valence-corrected chi connectivity index (χ2v) is 6.03. The fourth-order valence-corrected chi connectivity index (χ4v) is 2.57. The summed E-state index contributed by atoms with van der Waals surface area (Å²) in [4.78, 5) is 0. The van der Waals surface area contributed by atoms with Crippen molar-refractivity contribution in [1.82, 2.24) is 0 Å². The van der Waals surface area contributed by atoms with Crippen molar-refractivity contribution in [2.24, 2.45) is 0 Å². The van der Waals surface area contributed by atoms with Gasteiger partial charge < -0.3 is 9.47 Å². The molecule has 3 aromatic carbocycles. The first-order valence-corrected chi connectivity index (χ1v) is 8.16. The molecule has 0 aliphatic rings. The van der Waals surface area contributed by atoms with Crippen LogP contribution >= 0.6 is 0 Å². The Hall–Kier alpha value is -2.74. The molecule has 0 saturated carbocycles. The van der Waals surface area contributed by atoms with Gasteiger partial charge in [-0.2, -0.15) is 0 Å². The Morgan fingerprint density at radius 1 is 0.583 bits per heavy atom. The molecule has 0 unspecified atom stereocenters. The van der Waals surface area contributed by atoms with E-state index in [0.29, 0.717) is 13.2 Å². The third-order valence-corrected chi connectivity index (χ3v) is 3.80. The minimum absolute atomic E-state index is 0.575. The van der Waals surface area contributed by atoms with E-state index in [-0.39, 0.29) is 0 Å². The molecule has 24 heavy (non-hydrogen) atoms. The molecule has 0 N–H and O–H groups in total. The van der Waals surface area contributed by atoms with Crippen LogP contribution < -0.4 is 9.47 Å². The van der Waals surface area contributed by atoms with Crippen LogP contribution in [-0.4, -0.2) is 0 Å². The number of rotatable bonds is 6. The van der Waals surface area contributed by atoms with Gasteiger partial charge >= 0.3 is 0 Å². The van der Waals surface area contributed by atoms with Gasteiger partial charge in [-0.25, -0.2) is 0 Å². The number of aryl methyl sites for hydroxylation is 2. The lowest BCUT2D eigenvalue weighted by Crippen LogP contribution is -1.97. The van der Waals surface area contributed by atoms with E-state index in [0.717, 1.165) is 11.5 Å². The van der Waals surface area contributed by atoms with Gasteiger partial charge in [0, 0.05) is 0 Å². The van der Waals surface area contributed by atoms with Gasteiger partial charge in [-0.15, -0.1) is 0 Å². The van der Waals surface area contributed by atoms with E-state index in [2.05, 4.69) is 62.4 Å². The van der Waals surface area contributed by atoms with E-state index < -0.39 is 0 Å². The van der Waals surface area contributed by atoms with Crippen LogP contribution in [0.3, 0.4) is 0 Å². The monoisotopic (exact) mass is 318 g/mol. The van der Waals surface area contributed by atoms with E-state index in [1.54, 1.807) is 0 Å². The summed E-state index contributed by atoms with van der Waals surface area (Å²) in [6.45, 7) is 5.32. The fourth-order valence-electron chi connectivity index (χ4n) is 2.57. The zero-order valence-corrected chi connectivity index (χ0v) is 14.2. The molecule has 0 aliphatic heterocycles. The molecule has 122 valence electrons. The molecule has 0 aliphatic carbocycles. The van der Waals surface area contributed by atoms with Crippen LogP contribution in [0.5, 0.6) is 11.5 Å². The highest BCUT2D eigenvalue weighted by molar-refractivity contribution is 5.32. The minimum atomic E-state index is 0.575. The first-order valence-electron chi connectivity index (χ1n) is 8.16. The quantitative estimate of drug-likeness (QED) is 0.600. The summed E-state index contributed by atoms with van der Waals surface area (Å²) in [5.74, 6) is 1.69. The smallest absolute Gasteiger partial charge is 0.120 e. The maximum atomic E-state index is 5.82. The predicted octanol–water partition coefficient (Wildman–Crippen LogP) is 5.46. The van der Waals surface area contributed by atoms with Crippen LogP contribution in [0.2, 0.25) is 0 Å². The first-order chi connectivity index (χ1) is 11.7. The number of benzene rings is 3. The lowest BCUT2D eigenvalue weighted by Gasteiger charge is -2.09. The molecule has 0 bridgehead atoms. The molecule has 0 amide bonds. The Kier molecular flexibility index (Phi) is 5.17. The normalized spacial score (nSPS) is 10.4. The second kappa shape index (κ2) is 7.69. The Balaban J connectivity index is 1.53. The van der Waals surface area contributed by atoms with Crippen molar-refractivity contribution in [2.45, 2.75) is 27.1 Å². The third-order valence-electron chi connectivity index (χ3n) is 3.80. The highest BCUT2D eigenvalue weighted by Crippen LogP contribution is 2.20. The van der Waals surface area contributed by atoms with Crippen molar-refractivity contribution in [1.29, 1.82) is 0 Å². The fraction of sp³-hybridized carbons (Fsp3) is 0.182. The summed E-state index contributed by atoms with van der Waals surface area (Å²) in [7, 11) is 0. The van der Waals surface area contributed by atoms with E-state index in [9.17, 15) is 0 Å². The summed E-state index contributed by atoms with van der Waals surface area (Å²) in [6, 6.07) is 24.5. The molecule has 0 spiro atoms. The Bertz CT molecular complexity index is 723. The summed E-state index contributed by atoms with van der Waals surface area (Å²) >= 11 is 0. The van der Waals surface area contributed by atoms with Crippen LogP contribution in [0.25, 0.3) is 0 Å². The SMILES string of the molecule is Cc1cccc(COc2ccc(OCc3cccc(C)c3)cc2)c1. The zero-order valence-electron chi connectivity index (χ0n) is 14.2. The second-order valence-electron chi connectivity index (χ2n) is 6.03. The first kappa shape index (κ1) is 16.1. The average molecular weight is 318 g/mol. The maximum Gasteiger partial charge on any atom is 0.120 e. The minimum Gasteiger partial charge on any atom is -0.489 e. The van der Waals surface area contributed by atoms with Crippen LogP contribution in [0, 0.1) is 13.8 Å². The van der Waals surface area contributed by atoms with Gasteiger partial charge in [0.25, 0.3) is 0 Å². The van der Waals surface area contributed by atoms with Gasteiger partial charge in [-0.05, 0) is 49.2 Å². The molecule has 2 heteroatoms. The molecule has 3 aromatic rings. The van der Waals surface area contributed by atoms with Crippen LogP contribution in [0.4, 0.5) is 0 Å². The summed E-state index contributed by atoms with van der Waals surface area (Å²) < 4.78 is 11.6. The summed E-state index contributed by atoms with van der Waals surface area (Å²) in [5, 5.41) is 0. The van der Waals surface area contributed by atoms with E-state index in [1.165, 1.54) is 22.3 Å². The molecule has 3 rings (SSSR count).